The van der Waals surface area contributed by atoms with Crippen LogP contribution < -0.4 is 10.2 Å². The van der Waals surface area contributed by atoms with Gasteiger partial charge in [-0.2, -0.15) is 0 Å². The molecule has 5 nitrogen and oxygen atoms in total. The van der Waals surface area contributed by atoms with Gasteiger partial charge in [0, 0.05) is 18.8 Å². The number of para-hydroxylation sites is 1. The summed E-state index contributed by atoms with van der Waals surface area (Å²) in [5, 5.41) is 3.44. The molecule has 0 saturated carbocycles. The summed E-state index contributed by atoms with van der Waals surface area (Å²) in [6, 6.07) is 18.1. The van der Waals surface area contributed by atoms with Gasteiger partial charge in [0.2, 0.25) is 5.95 Å². The lowest BCUT2D eigenvalue weighted by molar-refractivity contribution is 0.0984. The highest BCUT2D eigenvalue weighted by Gasteiger charge is 2.27. The van der Waals surface area contributed by atoms with E-state index in [0.29, 0.717) is 19.0 Å². The van der Waals surface area contributed by atoms with Gasteiger partial charge >= 0.3 is 0 Å². The minimum absolute atomic E-state index is 0.196. The Morgan fingerprint density at radius 1 is 1.11 bits per heavy atom. The molecule has 2 heterocycles. The molecule has 6 heteroatoms. The van der Waals surface area contributed by atoms with Crippen molar-refractivity contribution < 1.29 is 4.79 Å². The molecule has 3 aromatic rings. The molecule has 0 spiro atoms. The predicted molar refractivity (Wildman–Crippen MR) is 108 cm³/mol. The van der Waals surface area contributed by atoms with E-state index in [1.807, 2.05) is 42.5 Å². The lowest BCUT2D eigenvalue weighted by Gasteiger charge is -2.17. The molecular formula is C21H19ClN4O. The highest BCUT2D eigenvalue weighted by Crippen LogP contribution is 2.29. The van der Waals surface area contributed by atoms with E-state index in [0.717, 1.165) is 24.1 Å². The molecule has 1 aliphatic heterocycles. The second kappa shape index (κ2) is 7.76. The van der Waals surface area contributed by atoms with Gasteiger partial charge in [0.25, 0.3) is 5.91 Å². The second-order valence-electron chi connectivity index (χ2n) is 6.39. The lowest BCUT2D eigenvalue weighted by Crippen LogP contribution is -2.30. The zero-order valence-corrected chi connectivity index (χ0v) is 15.5. The Balaban J connectivity index is 1.48. The van der Waals surface area contributed by atoms with Crippen molar-refractivity contribution in [2.45, 2.75) is 12.8 Å². The van der Waals surface area contributed by atoms with E-state index in [1.54, 1.807) is 4.90 Å². The fraction of sp³-hybridized carbons (Fsp3) is 0.190. The van der Waals surface area contributed by atoms with Crippen molar-refractivity contribution in [1.29, 1.82) is 0 Å². The third-order valence-electron chi connectivity index (χ3n) is 4.62. The maximum absolute atomic E-state index is 13.0. The van der Waals surface area contributed by atoms with Crippen LogP contribution in [-0.2, 0) is 12.8 Å². The quantitative estimate of drug-likeness (QED) is 0.729. The summed E-state index contributed by atoms with van der Waals surface area (Å²) >= 11 is 6.23. The standard InChI is InChI=1S/C21H19ClN4O/c22-17-14-24-21(23-12-10-15-6-2-1-3-7-15)25-19(17)20(27)26-13-11-16-8-4-5-9-18(16)26/h1-9,14H,10-13H2,(H,23,24,25). The smallest absolute Gasteiger partial charge is 0.278 e. The van der Waals surface area contributed by atoms with Gasteiger partial charge in [-0.05, 0) is 30.0 Å². The number of rotatable bonds is 5. The number of halogens is 1. The Morgan fingerprint density at radius 2 is 1.89 bits per heavy atom. The molecule has 0 unspecified atom stereocenters. The van der Waals surface area contributed by atoms with E-state index in [2.05, 4.69) is 27.4 Å². The van der Waals surface area contributed by atoms with Crippen LogP contribution in [0, 0.1) is 0 Å². The molecule has 2 aromatic carbocycles. The van der Waals surface area contributed by atoms with Gasteiger partial charge in [0.05, 0.1) is 11.2 Å². The SMILES string of the molecule is O=C(c1nc(NCCc2ccccc2)ncc1Cl)N1CCc2ccccc21. The van der Waals surface area contributed by atoms with Crippen molar-refractivity contribution in [3.05, 3.63) is 82.6 Å². The largest absolute Gasteiger partial charge is 0.354 e. The summed E-state index contributed by atoms with van der Waals surface area (Å²) in [7, 11) is 0. The average Bonchev–Trinajstić information content (AvgIpc) is 3.14. The fourth-order valence-electron chi connectivity index (χ4n) is 3.24. The normalized spacial score (nSPS) is 12.7. The van der Waals surface area contributed by atoms with E-state index < -0.39 is 0 Å². The Bertz CT molecular complexity index is 961. The molecule has 0 bridgehead atoms. The molecule has 1 aromatic heterocycles. The molecule has 1 aliphatic rings. The number of amides is 1. The number of carbonyl (C=O) groups excluding carboxylic acids is 1. The predicted octanol–water partition coefficient (Wildman–Crippen LogP) is 3.99. The molecule has 1 amide bonds. The van der Waals surface area contributed by atoms with Crippen LogP contribution in [0.15, 0.2) is 60.8 Å². The second-order valence-corrected chi connectivity index (χ2v) is 6.80. The summed E-state index contributed by atoms with van der Waals surface area (Å²) in [5.74, 6) is 0.213. The van der Waals surface area contributed by atoms with Crippen LogP contribution in [0.1, 0.15) is 21.6 Å². The first-order chi connectivity index (χ1) is 13.2. The summed E-state index contributed by atoms with van der Waals surface area (Å²) < 4.78 is 0. The number of fused-ring (bicyclic) bond motifs is 1. The van der Waals surface area contributed by atoms with Crippen molar-refractivity contribution in [1.82, 2.24) is 9.97 Å². The van der Waals surface area contributed by atoms with E-state index in [1.165, 1.54) is 11.8 Å². The molecule has 0 aliphatic carbocycles. The molecule has 0 fully saturated rings. The Hall–Kier alpha value is -2.92. The maximum Gasteiger partial charge on any atom is 0.278 e. The van der Waals surface area contributed by atoms with Crippen LogP contribution >= 0.6 is 11.6 Å². The highest BCUT2D eigenvalue weighted by atomic mass is 35.5. The molecule has 0 radical (unpaired) electrons. The van der Waals surface area contributed by atoms with E-state index in [-0.39, 0.29) is 16.6 Å². The first-order valence-electron chi connectivity index (χ1n) is 8.92. The molecule has 1 N–H and O–H groups in total. The van der Waals surface area contributed by atoms with Gasteiger partial charge in [-0.15, -0.1) is 0 Å². The number of hydrogen-bond donors (Lipinski definition) is 1. The molecule has 136 valence electrons. The Kier molecular flexibility index (Phi) is 5.03. The molecule has 27 heavy (non-hydrogen) atoms. The van der Waals surface area contributed by atoms with Gasteiger partial charge in [-0.3, -0.25) is 4.79 Å². The number of benzene rings is 2. The topological polar surface area (TPSA) is 58.1 Å². The van der Waals surface area contributed by atoms with Gasteiger partial charge in [0.1, 0.15) is 0 Å². The highest BCUT2D eigenvalue weighted by molar-refractivity contribution is 6.34. The van der Waals surface area contributed by atoms with Crippen LogP contribution in [0.4, 0.5) is 11.6 Å². The molecular weight excluding hydrogens is 360 g/mol. The van der Waals surface area contributed by atoms with Gasteiger partial charge < -0.3 is 10.2 Å². The first-order valence-corrected chi connectivity index (χ1v) is 9.30. The van der Waals surface area contributed by atoms with E-state index in [9.17, 15) is 4.79 Å². The number of carbonyl (C=O) groups is 1. The molecule has 4 rings (SSSR count). The minimum Gasteiger partial charge on any atom is -0.354 e. The third kappa shape index (κ3) is 3.78. The zero-order valence-electron chi connectivity index (χ0n) is 14.7. The van der Waals surface area contributed by atoms with Crippen molar-refractivity contribution in [2.75, 3.05) is 23.3 Å². The summed E-state index contributed by atoms with van der Waals surface area (Å²) in [5.41, 5.74) is 3.54. The van der Waals surface area contributed by atoms with Crippen molar-refractivity contribution in [2.24, 2.45) is 0 Å². The lowest BCUT2D eigenvalue weighted by atomic mass is 10.1. The monoisotopic (exact) mass is 378 g/mol. The van der Waals surface area contributed by atoms with Crippen LogP contribution in [0.2, 0.25) is 5.02 Å². The minimum atomic E-state index is -0.196. The maximum atomic E-state index is 13.0. The van der Waals surface area contributed by atoms with Crippen LogP contribution in [0.25, 0.3) is 0 Å². The van der Waals surface area contributed by atoms with Crippen molar-refractivity contribution in [3.63, 3.8) is 0 Å². The Morgan fingerprint density at radius 3 is 2.74 bits per heavy atom. The number of anilines is 2. The zero-order chi connectivity index (χ0) is 18.6. The number of nitrogens with one attached hydrogen (secondary N) is 1. The van der Waals surface area contributed by atoms with Crippen LogP contribution in [0.5, 0.6) is 0 Å². The Labute approximate surface area is 163 Å². The van der Waals surface area contributed by atoms with Gasteiger partial charge in [0.15, 0.2) is 5.69 Å². The molecule has 0 atom stereocenters. The van der Waals surface area contributed by atoms with Crippen molar-refractivity contribution in [3.8, 4) is 0 Å². The first kappa shape index (κ1) is 17.5. The summed E-state index contributed by atoms with van der Waals surface area (Å²) in [6.45, 7) is 1.31. The van der Waals surface area contributed by atoms with E-state index >= 15 is 0 Å². The molecule has 0 saturated heterocycles. The third-order valence-corrected chi connectivity index (χ3v) is 4.90. The van der Waals surface area contributed by atoms with E-state index in [4.69, 9.17) is 11.6 Å². The van der Waals surface area contributed by atoms with Gasteiger partial charge in [-0.25, -0.2) is 9.97 Å². The number of hydrogen-bond acceptors (Lipinski definition) is 4. The fourth-order valence-corrected chi connectivity index (χ4v) is 3.41. The van der Waals surface area contributed by atoms with Crippen LogP contribution in [0.3, 0.4) is 0 Å². The summed E-state index contributed by atoms with van der Waals surface area (Å²) in [4.78, 5) is 23.3. The average molecular weight is 379 g/mol. The summed E-state index contributed by atoms with van der Waals surface area (Å²) in [6.07, 6.45) is 3.16. The van der Waals surface area contributed by atoms with Crippen molar-refractivity contribution >= 4 is 29.1 Å². The number of nitrogens with zero attached hydrogens (tertiary/aromatic N) is 3. The van der Waals surface area contributed by atoms with Gasteiger partial charge in [-0.1, -0.05) is 60.1 Å². The number of aromatic nitrogens is 2. The van der Waals surface area contributed by atoms with Crippen LogP contribution in [-0.4, -0.2) is 29.0 Å².